The molecule has 0 saturated heterocycles. The van der Waals surface area contributed by atoms with Crippen molar-refractivity contribution >= 4 is 17.7 Å². The topological polar surface area (TPSA) is 87.7 Å². The summed E-state index contributed by atoms with van der Waals surface area (Å²) in [6.45, 7) is -0.378. The molecule has 2 aromatic rings. The van der Waals surface area contributed by atoms with Gasteiger partial charge in [-0.3, -0.25) is 0 Å². The van der Waals surface area contributed by atoms with E-state index in [0.717, 1.165) is 13.2 Å². The second kappa shape index (κ2) is 8.20. The molecule has 1 unspecified atom stereocenters. The largest absolute Gasteiger partial charge is 0.465 e. The lowest BCUT2D eigenvalue weighted by Crippen LogP contribution is -2.34. The molecule has 1 atom stereocenters. The number of hydrogen-bond donors (Lipinski definition) is 3. The van der Waals surface area contributed by atoms with Gasteiger partial charge in [0.05, 0.1) is 31.0 Å². The second-order valence-electron chi connectivity index (χ2n) is 5.05. The van der Waals surface area contributed by atoms with Gasteiger partial charge in [-0.1, -0.05) is 30.3 Å². The van der Waals surface area contributed by atoms with Crippen LogP contribution in [0.3, 0.4) is 0 Å². The summed E-state index contributed by atoms with van der Waals surface area (Å²) in [5, 5.41) is 14.0. The number of halogens is 2. The zero-order chi connectivity index (χ0) is 18.4. The Labute approximate surface area is 142 Å². The summed E-state index contributed by atoms with van der Waals surface area (Å²) in [4.78, 5) is 23.5. The van der Waals surface area contributed by atoms with Crippen molar-refractivity contribution in [3.8, 4) is 0 Å². The van der Waals surface area contributed by atoms with Gasteiger partial charge in [0.2, 0.25) is 0 Å². The summed E-state index contributed by atoms with van der Waals surface area (Å²) >= 11 is 0. The fourth-order valence-electron chi connectivity index (χ4n) is 2.15. The van der Waals surface area contributed by atoms with Gasteiger partial charge in [0.1, 0.15) is 11.6 Å². The number of benzene rings is 2. The number of esters is 1. The van der Waals surface area contributed by atoms with Crippen LogP contribution in [0.4, 0.5) is 19.3 Å². The van der Waals surface area contributed by atoms with Crippen molar-refractivity contribution in [2.75, 3.05) is 19.0 Å². The molecule has 6 nitrogen and oxygen atoms in total. The van der Waals surface area contributed by atoms with E-state index in [9.17, 15) is 23.5 Å². The first-order valence-corrected chi connectivity index (χ1v) is 7.27. The number of amides is 2. The molecular formula is C17H16F2N2O4. The van der Waals surface area contributed by atoms with E-state index in [0.29, 0.717) is 11.6 Å². The Morgan fingerprint density at radius 1 is 1.16 bits per heavy atom. The normalized spacial score (nSPS) is 11.5. The molecule has 0 aliphatic rings. The molecule has 25 heavy (non-hydrogen) atoms. The van der Waals surface area contributed by atoms with Gasteiger partial charge in [0, 0.05) is 6.07 Å². The minimum atomic E-state index is -1.10. The van der Waals surface area contributed by atoms with Crippen LogP contribution in [0, 0.1) is 11.6 Å². The number of urea groups is 1. The van der Waals surface area contributed by atoms with Crippen LogP contribution in [0.2, 0.25) is 0 Å². The maximum absolute atomic E-state index is 13.8. The lowest BCUT2D eigenvalue weighted by atomic mass is 10.1. The standard InChI is InChI=1S/C17H16F2N2O4/c1-25-16(23)11-7-14(13(19)8-12(11)18)20-17(24)21-15(9-22)10-5-3-2-4-6-10/h2-8,15,22H,9H2,1H3,(H2,20,21,24). The molecule has 8 heteroatoms. The molecule has 0 radical (unpaired) electrons. The van der Waals surface area contributed by atoms with Gasteiger partial charge < -0.3 is 20.5 Å². The highest BCUT2D eigenvalue weighted by Crippen LogP contribution is 2.21. The highest BCUT2D eigenvalue weighted by atomic mass is 19.1. The van der Waals surface area contributed by atoms with Gasteiger partial charge >= 0.3 is 12.0 Å². The number of methoxy groups -OCH3 is 1. The predicted octanol–water partition coefficient (Wildman–Crippen LogP) is 2.61. The van der Waals surface area contributed by atoms with Gasteiger partial charge in [-0.15, -0.1) is 0 Å². The van der Waals surface area contributed by atoms with Gasteiger partial charge in [-0.05, 0) is 11.6 Å². The quantitative estimate of drug-likeness (QED) is 0.724. The molecule has 0 heterocycles. The number of ether oxygens (including phenoxy) is 1. The number of carbonyl (C=O) groups excluding carboxylic acids is 2. The third kappa shape index (κ3) is 4.51. The number of anilines is 1. The monoisotopic (exact) mass is 350 g/mol. The molecule has 2 aromatic carbocycles. The van der Waals surface area contributed by atoms with Crippen LogP contribution in [0.25, 0.3) is 0 Å². The predicted molar refractivity (Wildman–Crippen MR) is 86.1 cm³/mol. The first-order valence-electron chi connectivity index (χ1n) is 7.27. The minimum Gasteiger partial charge on any atom is -0.465 e. The van der Waals surface area contributed by atoms with Gasteiger partial charge in [0.25, 0.3) is 0 Å². The highest BCUT2D eigenvalue weighted by molar-refractivity contribution is 5.94. The van der Waals surface area contributed by atoms with Crippen molar-refractivity contribution in [1.82, 2.24) is 5.32 Å². The van der Waals surface area contributed by atoms with E-state index in [1.165, 1.54) is 0 Å². The Kier molecular flexibility index (Phi) is 6.02. The molecule has 0 aliphatic carbocycles. The summed E-state index contributed by atoms with van der Waals surface area (Å²) in [5.41, 5.74) is -0.264. The lowest BCUT2D eigenvalue weighted by Gasteiger charge is -2.17. The van der Waals surface area contributed by atoms with Crippen molar-refractivity contribution in [3.63, 3.8) is 0 Å². The Bertz CT molecular complexity index is 769. The first kappa shape index (κ1) is 18.3. The fourth-order valence-corrected chi connectivity index (χ4v) is 2.15. The van der Waals surface area contributed by atoms with E-state index in [1.807, 2.05) is 0 Å². The third-order valence-electron chi connectivity index (χ3n) is 3.40. The van der Waals surface area contributed by atoms with E-state index < -0.39 is 40.9 Å². The minimum absolute atomic E-state index is 0.378. The zero-order valence-electron chi connectivity index (χ0n) is 13.3. The van der Waals surface area contributed by atoms with Crippen molar-refractivity contribution in [1.29, 1.82) is 0 Å². The van der Waals surface area contributed by atoms with E-state index in [-0.39, 0.29) is 6.61 Å². The smallest absolute Gasteiger partial charge is 0.340 e. The zero-order valence-corrected chi connectivity index (χ0v) is 13.3. The maximum atomic E-state index is 13.8. The average Bonchev–Trinajstić information content (AvgIpc) is 2.62. The van der Waals surface area contributed by atoms with E-state index in [1.54, 1.807) is 30.3 Å². The van der Waals surface area contributed by atoms with E-state index in [4.69, 9.17) is 0 Å². The highest BCUT2D eigenvalue weighted by Gasteiger charge is 2.19. The molecule has 3 N–H and O–H groups in total. The van der Waals surface area contributed by atoms with Crippen molar-refractivity contribution in [3.05, 3.63) is 65.2 Å². The van der Waals surface area contributed by atoms with E-state index >= 15 is 0 Å². The van der Waals surface area contributed by atoms with Gasteiger partial charge in [-0.25, -0.2) is 18.4 Å². The van der Waals surface area contributed by atoms with Crippen molar-refractivity contribution in [2.24, 2.45) is 0 Å². The fraction of sp³-hybridized carbons (Fsp3) is 0.176. The molecule has 0 aromatic heterocycles. The third-order valence-corrected chi connectivity index (χ3v) is 3.40. The Balaban J connectivity index is 2.16. The number of aliphatic hydroxyl groups excluding tert-OH is 1. The molecule has 132 valence electrons. The summed E-state index contributed by atoms with van der Waals surface area (Å²) in [6.07, 6.45) is 0. The van der Waals surface area contributed by atoms with Gasteiger partial charge in [0.15, 0.2) is 0 Å². The Morgan fingerprint density at radius 3 is 2.44 bits per heavy atom. The van der Waals surface area contributed by atoms with Crippen LogP contribution in [0.5, 0.6) is 0 Å². The number of carbonyl (C=O) groups is 2. The molecule has 0 fully saturated rings. The first-order chi connectivity index (χ1) is 12.0. The number of aliphatic hydroxyl groups is 1. The summed E-state index contributed by atoms with van der Waals surface area (Å²) < 4.78 is 31.8. The van der Waals surface area contributed by atoms with E-state index in [2.05, 4.69) is 15.4 Å². The van der Waals surface area contributed by atoms with Crippen LogP contribution in [0.15, 0.2) is 42.5 Å². The number of nitrogens with one attached hydrogen (secondary N) is 2. The van der Waals surface area contributed by atoms with Crippen LogP contribution in [0.1, 0.15) is 22.0 Å². The lowest BCUT2D eigenvalue weighted by molar-refractivity contribution is 0.0595. The van der Waals surface area contributed by atoms with Crippen LogP contribution < -0.4 is 10.6 Å². The summed E-state index contributed by atoms with van der Waals surface area (Å²) in [7, 11) is 1.05. The number of hydrogen-bond acceptors (Lipinski definition) is 4. The van der Waals surface area contributed by atoms with Crippen LogP contribution >= 0.6 is 0 Å². The summed E-state index contributed by atoms with van der Waals surface area (Å²) in [5.74, 6) is -3.16. The van der Waals surface area contributed by atoms with Gasteiger partial charge in [-0.2, -0.15) is 0 Å². The van der Waals surface area contributed by atoms with Crippen molar-refractivity contribution in [2.45, 2.75) is 6.04 Å². The number of rotatable bonds is 5. The Hall–Kier alpha value is -3.00. The molecule has 0 aliphatic heterocycles. The molecule has 0 saturated carbocycles. The summed E-state index contributed by atoms with van der Waals surface area (Å²) in [6, 6.07) is 8.42. The van der Waals surface area contributed by atoms with Crippen molar-refractivity contribution < 1.29 is 28.2 Å². The second-order valence-corrected chi connectivity index (χ2v) is 5.05. The molecule has 0 bridgehead atoms. The molecule has 0 spiro atoms. The average molecular weight is 350 g/mol. The van der Waals surface area contributed by atoms with Crippen LogP contribution in [-0.2, 0) is 4.74 Å². The molecular weight excluding hydrogens is 334 g/mol. The molecule has 2 rings (SSSR count). The SMILES string of the molecule is COC(=O)c1cc(NC(=O)NC(CO)c2ccccc2)c(F)cc1F. The molecule has 2 amide bonds. The Morgan fingerprint density at radius 2 is 1.84 bits per heavy atom. The maximum Gasteiger partial charge on any atom is 0.340 e. The van der Waals surface area contributed by atoms with Crippen LogP contribution in [-0.4, -0.2) is 30.8 Å².